The Morgan fingerprint density at radius 2 is 2.04 bits per heavy atom. The van der Waals surface area contributed by atoms with E-state index in [1.165, 1.54) is 24.0 Å². The van der Waals surface area contributed by atoms with Crippen LogP contribution in [0.4, 0.5) is 0 Å². The van der Waals surface area contributed by atoms with Crippen LogP contribution < -0.4 is 4.74 Å². The first kappa shape index (κ1) is 18.6. The van der Waals surface area contributed by atoms with Gasteiger partial charge in [0.25, 0.3) is 0 Å². The first-order chi connectivity index (χ1) is 13.0. The zero-order chi connectivity index (χ0) is 19.0. The fraction of sp³-hybridized carbons (Fsp3) is 0.682. The van der Waals surface area contributed by atoms with Gasteiger partial charge in [0.15, 0.2) is 0 Å². The van der Waals surface area contributed by atoms with Gasteiger partial charge in [-0.25, -0.2) is 9.97 Å². The number of hydrogen-bond acceptors (Lipinski definition) is 5. The van der Waals surface area contributed by atoms with Gasteiger partial charge in [-0.1, -0.05) is 13.8 Å². The third-order valence-electron chi connectivity index (χ3n) is 6.38. The van der Waals surface area contributed by atoms with Crippen LogP contribution in [0.3, 0.4) is 0 Å². The predicted octanol–water partition coefficient (Wildman–Crippen LogP) is 4.15. The van der Waals surface area contributed by atoms with Crippen molar-refractivity contribution in [3.05, 3.63) is 23.2 Å². The maximum Gasteiger partial charge on any atom is 0.224 e. The van der Waals surface area contributed by atoms with Crippen molar-refractivity contribution in [1.82, 2.24) is 9.97 Å². The topological polar surface area (TPSA) is 61.3 Å². The number of carbonyl (C=O) groups excluding carboxylic acids is 1. The fourth-order valence-electron chi connectivity index (χ4n) is 4.79. The summed E-state index contributed by atoms with van der Waals surface area (Å²) in [6, 6.07) is 0. The Bertz CT molecular complexity index is 748. The lowest BCUT2D eigenvalue weighted by Gasteiger charge is -2.31. The molecule has 1 atom stereocenters. The van der Waals surface area contributed by atoms with Crippen molar-refractivity contribution in [2.24, 2.45) is 11.8 Å². The Kier molecular flexibility index (Phi) is 5.31. The molecule has 0 bridgehead atoms. The number of nitrogens with zero attached hydrogens (tertiary/aromatic N) is 2. The van der Waals surface area contributed by atoms with Crippen molar-refractivity contribution in [1.29, 1.82) is 0 Å². The van der Waals surface area contributed by atoms with E-state index in [9.17, 15) is 4.79 Å². The van der Waals surface area contributed by atoms with Crippen molar-refractivity contribution in [3.63, 3.8) is 0 Å². The van der Waals surface area contributed by atoms with Crippen LogP contribution in [0.1, 0.15) is 70.6 Å². The number of rotatable bonds is 5. The summed E-state index contributed by atoms with van der Waals surface area (Å²) in [5, 5.41) is 0. The summed E-state index contributed by atoms with van der Waals surface area (Å²) in [5.41, 5.74) is 4.66. The van der Waals surface area contributed by atoms with Crippen LogP contribution in [0.25, 0.3) is 5.57 Å². The average Bonchev–Trinajstić information content (AvgIpc) is 3.00. The first-order valence-corrected chi connectivity index (χ1v) is 10.3. The first-order valence-electron chi connectivity index (χ1n) is 10.3. The summed E-state index contributed by atoms with van der Waals surface area (Å²) < 4.78 is 12.3. The maximum atomic E-state index is 11.5. The molecule has 0 saturated heterocycles. The van der Waals surface area contributed by atoms with Gasteiger partial charge in [-0.15, -0.1) is 0 Å². The lowest BCUT2D eigenvalue weighted by Crippen LogP contribution is -2.27. The van der Waals surface area contributed by atoms with Gasteiger partial charge in [-0.2, -0.15) is 0 Å². The molecule has 146 valence electrons. The van der Waals surface area contributed by atoms with E-state index in [1.54, 1.807) is 13.3 Å². The fourth-order valence-corrected chi connectivity index (χ4v) is 4.79. The van der Waals surface area contributed by atoms with Gasteiger partial charge in [0, 0.05) is 12.8 Å². The molecule has 1 aromatic rings. The molecule has 27 heavy (non-hydrogen) atoms. The molecule has 0 spiro atoms. The van der Waals surface area contributed by atoms with Crippen molar-refractivity contribution in [2.75, 3.05) is 6.61 Å². The number of carbonyl (C=O) groups is 1. The Balaban J connectivity index is 1.50. The second-order valence-electron chi connectivity index (χ2n) is 8.70. The monoisotopic (exact) mass is 370 g/mol. The van der Waals surface area contributed by atoms with E-state index in [1.807, 2.05) is 0 Å². The minimum atomic E-state index is -0.0401. The smallest absolute Gasteiger partial charge is 0.224 e. The second-order valence-corrected chi connectivity index (χ2v) is 8.70. The van der Waals surface area contributed by atoms with Gasteiger partial charge in [0.1, 0.15) is 18.2 Å². The molecule has 1 aliphatic heterocycles. The number of ketones is 1. The van der Waals surface area contributed by atoms with E-state index >= 15 is 0 Å². The average molecular weight is 370 g/mol. The van der Waals surface area contributed by atoms with E-state index in [-0.39, 0.29) is 18.0 Å². The largest absolute Gasteiger partial charge is 0.474 e. The highest BCUT2D eigenvalue weighted by Crippen LogP contribution is 2.43. The summed E-state index contributed by atoms with van der Waals surface area (Å²) in [5.74, 6) is 2.48. The highest BCUT2D eigenvalue weighted by molar-refractivity contribution is 5.81. The van der Waals surface area contributed by atoms with Crippen LogP contribution in [-0.4, -0.2) is 34.6 Å². The summed E-state index contributed by atoms with van der Waals surface area (Å²) in [4.78, 5) is 20.5. The van der Waals surface area contributed by atoms with Crippen molar-refractivity contribution in [2.45, 2.75) is 77.9 Å². The zero-order valence-corrected chi connectivity index (χ0v) is 16.7. The maximum absolute atomic E-state index is 11.5. The molecule has 1 unspecified atom stereocenters. The Morgan fingerprint density at radius 3 is 2.74 bits per heavy atom. The zero-order valence-electron chi connectivity index (χ0n) is 16.7. The number of fused-ring (bicyclic) bond motifs is 2. The van der Waals surface area contributed by atoms with E-state index in [0.29, 0.717) is 13.0 Å². The SMILES string of the molecule is CC(=O)CC1CC2=C(CO1)Cc1ncnc(OC3CCC(C(C)C)CC3)c12. The molecule has 5 heteroatoms. The van der Waals surface area contributed by atoms with Crippen LogP contribution in [-0.2, 0) is 16.0 Å². The normalized spacial score (nSPS) is 27.5. The molecule has 0 N–H and O–H groups in total. The third kappa shape index (κ3) is 3.93. The number of hydrogen-bond donors (Lipinski definition) is 0. The quantitative estimate of drug-likeness (QED) is 0.779. The molecule has 4 rings (SSSR count). The lowest BCUT2D eigenvalue weighted by atomic mass is 9.80. The minimum absolute atomic E-state index is 0.0401. The Morgan fingerprint density at radius 1 is 1.26 bits per heavy atom. The van der Waals surface area contributed by atoms with E-state index < -0.39 is 0 Å². The molecule has 3 aliphatic rings. The van der Waals surface area contributed by atoms with Crippen LogP contribution in [0, 0.1) is 11.8 Å². The molecule has 1 aromatic heterocycles. The van der Waals surface area contributed by atoms with Crippen molar-refractivity contribution < 1.29 is 14.3 Å². The third-order valence-corrected chi connectivity index (χ3v) is 6.38. The second kappa shape index (κ2) is 7.70. The molecule has 2 heterocycles. The van der Waals surface area contributed by atoms with Gasteiger partial charge >= 0.3 is 0 Å². The van der Waals surface area contributed by atoms with E-state index in [0.717, 1.165) is 54.7 Å². The molecule has 2 aliphatic carbocycles. The molecule has 0 aromatic carbocycles. The van der Waals surface area contributed by atoms with Gasteiger partial charge in [0.05, 0.1) is 24.0 Å². The number of Topliss-reactive ketones (excluding diaryl/α,β-unsaturated/α-hetero) is 1. The summed E-state index contributed by atoms with van der Waals surface area (Å²) >= 11 is 0. The number of aromatic nitrogens is 2. The van der Waals surface area contributed by atoms with Crippen molar-refractivity contribution in [3.8, 4) is 5.88 Å². The highest BCUT2D eigenvalue weighted by Gasteiger charge is 2.34. The summed E-state index contributed by atoms with van der Waals surface area (Å²) in [6.07, 6.45) is 8.54. The van der Waals surface area contributed by atoms with Crippen LogP contribution in [0.2, 0.25) is 0 Å². The number of ether oxygens (including phenoxy) is 2. The van der Waals surface area contributed by atoms with Crippen molar-refractivity contribution >= 4 is 11.4 Å². The van der Waals surface area contributed by atoms with Gasteiger partial charge in [-0.3, -0.25) is 4.79 Å². The molecule has 1 saturated carbocycles. The lowest BCUT2D eigenvalue weighted by molar-refractivity contribution is -0.119. The van der Waals surface area contributed by atoms with Crippen LogP contribution in [0.15, 0.2) is 11.9 Å². The standard InChI is InChI=1S/C22H30N2O3/c1-13(2)15-4-6-17(7-5-15)27-22-21-19-10-18(8-14(3)25)26-11-16(19)9-20(21)23-12-24-22/h12-13,15,17-18H,4-11H2,1-3H3. The molecule has 5 nitrogen and oxygen atoms in total. The minimum Gasteiger partial charge on any atom is -0.474 e. The van der Waals surface area contributed by atoms with Gasteiger partial charge in [-0.05, 0) is 62.0 Å². The molecule has 1 fully saturated rings. The molecule has 0 amide bonds. The highest BCUT2D eigenvalue weighted by atomic mass is 16.5. The Labute approximate surface area is 161 Å². The van der Waals surface area contributed by atoms with Gasteiger partial charge in [0.2, 0.25) is 5.88 Å². The van der Waals surface area contributed by atoms with Crippen LogP contribution >= 0.6 is 0 Å². The molecule has 0 radical (unpaired) electrons. The van der Waals surface area contributed by atoms with Crippen LogP contribution in [0.5, 0.6) is 5.88 Å². The summed E-state index contributed by atoms with van der Waals surface area (Å²) in [6.45, 7) is 6.85. The molecular formula is C22H30N2O3. The predicted molar refractivity (Wildman–Crippen MR) is 104 cm³/mol. The van der Waals surface area contributed by atoms with E-state index in [2.05, 4.69) is 23.8 Å². The van der Waals surface area contributed by atoms with Gasteiger partial charge < -0.3 is 9.47 Å². The molecular weight excluding hydrogens is 340 g/mol. The van der Waals surface area contributed by atoms with E-state index in [4.69, 9.17) is 9.47 Å². The summed E-state index contributed by atoms with van der Waals surface area (Å²) in [7, 11) is 0. The Hall–Kier alpha value is -1.75.